The Morgan fingerprint density at radius 2 is 2.29 bits per heavy atom. The second-order valence-corrected chi connectivity index (χ2v) is 4.72. The molecule has 0 spiro atoms. The van der Waals surface area contributed by atoms with E-state index in [1.54, 1.807) is 12.1 Å². The van der Waals surface area contributed by atoms with Crippen LogP contribution in [0.2, 0.25) is 0 Å². The molecule has 6 heteroatoms. The zero-order chi connectivity index (χ0) is 10.4. The van der Waals surface area contributed by atoms with E-state index in [2.05, 4.69) is 4.72 Å². The van der Waals surface area contributed by atoms with Gasteiger partial charge in [-0.1, -0.05) is 0 Å². The van der Waals surface area contributed by atoms with Crippen molar-refractivity contribution in [2.75, 3.05) is 12.4 Å². The summed E-state index contributed by atoms with van der Waals surface area (Å²) in [5.41, 5.74) is 0. The SMILES string of the molecule is O=S(=O)(CCCO)NCc1ccco1. The van der Waals surface area contributed by atoms with Crippen molar-refractivity contribution in [2.45, 2.75) is 13.0 Å². The summed E-state index contributed by atoms with van der Waals surface area (Å²) in [6.45, 7) is 0.0302. The van der Waals surface area contributed by atoms with Crippen LogP contribution in [0, 0.1) is 0 Å². The zero-order valence-electron chi connectivity index (χ0n) is 7.64. The van der Waals surface area contributed by atoms with Gasteiger partial charge in [0.25, 0.3) is 0 Å². The molecule has 0 atom stereocenters. The second-order valence-electron chi connectivity index (χ2n) is 2.80. The first-order chi connectivity index (χ1) is 6.64. The van der Waals surface area contributed by atoms with Crippen molar-refractivity contribution < 1.29 is 17.9 Å². The van der Waals surface area contributed by atoms with Gasteiger partial charge >= 0.3 is 0 Å². The van der Waals surface area contributed by atoms with Gasteiger partial charge < -0.3 is 9.52 Å². The molecule has 14 heavy (non-hydrogen) atoms. The zero-order valence-corrected chi connectivity index (χ0v) is 8.46. The fourth-order valence-electron chi connectivity index (χ4n) is 0.921. The molecule has 0 unspecified atom stereocenters. The largest absolute Gasteiger partial charge is 0.468 e. The summed E-state index contributed by atoms with van der Waals surface area (Å²) in [4.78, 5) is 0. The molecular weight excluding hydrogens is 206 g/mol. The first-order valence-corrected chi connectivity index (χ1v) is 5.90. The summed E-state index contributed by atoms with van der Waals surface area (Å²) in [6.07, 6.45) is 1.73. The van der Waals surface area contributed by atoms with Crippen molar-refractivity contribution in [2.24, 2.45) is 0 Å². The van der Waals surface area contributed by atoms with E-state index in [4.69, 9.17) is 9.52 Å². The minimum atomic E-state index is -3.29. The average Bonchev–Trinajstić information content (AvgIpc) is 2.64. The van der Waals surface area contributed by atoms with Crippen LogP contribution in [-0.4, -0.2) is 25.9 Å². The lowest BCUT2D eigenvalue weighted by Gasteiger charge is -2.03. The monoisotopic (exact) mass is 219 g/mol. The third kappa shape index (κ3) is 3.91. The van der Waals surface area contributed by atoms with Gasteiger partial charge in [-0.05, 0) is 18.6 Å². The standard InChI is InChI=1S/C8H13NO4S/c10-4-2-6-14(11,12)9-7-8-3-1-5-13-8/h1,3,5,9-10H,2,4,6-7H2. The van der Waals surface area contributed by atoms with Crippen LogP contribution in [0.25, 0.3) is 0 Å². The molecule has 0 amide bonds. The summed E-state index contributed by atoms with van der Waals surface area (Å²) in [7, 11) is -3.29. The van der Waals surface area contributed by atoms with Gasteiger partial charge in [0.15, 0.2) is 0 Å². The maximum absolute atomic E-state index is 11.2. The van der Waals surface area contributed by atoms with E-state index in [9.17, 15) is 8.42 Å². The van der Waals surface area contributed by atoms with Crippen LogP contribution in [-0.2, 0) is 16.6 Å². The summed E-state index contributed by atoms with van der Waals surface area (Å²) in [6, 6.07) is 3.38. The number of rotatable bonds is 6. The highest BCUT2D eigenvalue weighted by atomic mass is 32.2. The van der Waals surface area contributed by atoms with Crippen LogP contribution in [0.4, 0.5) is 0 Å². The number of hydrogen-bond donors (Lipinski definition) is 2. The van der Waals surface area contributed by atoms with Crippen LogP contribution >= 0.6 is 0 Å². The predicted molar refractivity (Wildman–Crippen MR) is 51.0 cm³/mol. The summed E-state index contributed by atoms with van der Waals surface area (Å²) in [5.74, 6) is 0.502. The summed E-state index contributed by atoms with van der Waals surface area (Å²) in [5, 5.41) is 8.47. The minimum Gasteiger partial charge on any atom is -0.468 e. The lowest BCUT2D eigenvalue weighted by Crippen LogP contribution is -2.26. The molecule has 1 aromatic rings. The van der Waals surface area contributed by atoms with Gasteiger partial charge in [-0.3, -0.25) is 0 Å². The molecule has 0 aliphatic carbocycles. The third-order valence-electron chi connectivity index (χ3n) is 1.62. The van der Waals surface area contributed by atoms with Gasteiger partial charge in [0, 0.05) is 6.61 Å². The molecule has 0 saturated heterocycles. The van der Waals surface area contributed by atoms with Gasteiger partial charge in [0.05, 0.1) is 18.6 Å². The Morgan fingerprint density at radius 3 is 2.86 bits per heavy atom. The van der Waals surface area contributed by atoms with Gasteiger partial charge in [-0.2, -0.15) is 0 Å². The van der Waals surface area contributed by atoms with Gasteiger partial charge in [-0.25, -0.2) is 13.1 Å². The summed E-state index contributed by atoms with van der Waals surface area (Å²) < 4.78 is 29.8. The molecule has 0 aliphatic heterocycles. The predicted octanol–water partition coefficient (Wildman–Crippen LogP) is 0.0814. The van der Waals surface area contributed by atoms with Crippen molar-refractivity contribution in [3.63, 3.8) is 0 Å². The quantitative estimate of drug-likeness (QED) is 0.710. The minimum absolute atomic E-state index is 0.0653. The number of hydrogen-bond acceptors (Lipinski definition) is 4. The Kier molecular flexibility index (Phi) is 4.12. The topological polar surface area (TPSA) is 79.5 Å². The fraction of sp³-hybridized carbons (Fsp3) is 0.500. The van der Waals surface area contributed by atoms with E-state index < -0.39 is 10.0 Å². The number of furan rings is 1. The Bertz CT molecular complexity index is 343. The molecule has 0 saturated carbocycles. The van der Waals surface area contributed by atoms with Crippen LogP contribution < -0.4 is 4.72 Å². The molecule has 0 radical (unpaired) electrons. The normalized spacial score (nSPS) is 11.8. The highest BCUT2D eigenvalue weighted by molar-refractivity contribution is 7.89. The Hall–Kier alpha value is -0.850. The van der Waals surface area contributed by atoms with Gasteiger partial charge in [0.2, 0.25) is 10.0 Å². The van der Waals surface area contributed by atoms with Gasteiger partial charge in [0.1, 0.15) is 5.76 Å². The molecule has 0 fully saturated rings. The van der Waals surface area contributed by atoms with E-state index in [1.165, 1.54) is 6.26 Å². The third-order valence-corrected chi connectivity index (χ3v) is 3.03. The number of aliphatic hydroxyl groups excluding tert-OH is 1. The Morgan fingerprint density at radius 1 is 1.50 bits per heavy atom. The smallest absolute Gasteiger partial charge is 0.212 e. The number of aliphatic hydroxyl groups is 1. The highest BCUT2D eigenvalue weighted by Crippen LogP contribution is 2.00. The molecular formula is C8H13NO4S. The lowest BCUT2D eigenvalue weighted by molar-refractivity contribution is 0.295. The van der Waals surface area contributed by atoms with Crippen molar-refractivity contribution in [3.05, 3.63) is 24.2 Å². The molecule has 0 bridgehead atoms. The van der Waals surface area contributed by atoms with E-state index in [-0.39, 0.29) is 25.3 Å². The Balaban J connectivity index is 2.37. The van der Waals surface area contributed by atoms with Crippen molar-refractivity contribution in [1.29, 1.82) is 0 Å². The molecule has 0 aliphatic rings. The van der Waals surface area contributed by atoms with Crippen molar-refractivity contribution in [1.82, 2.24) is 4.72 Å². The van der Waals surface area contributed by atoms with E-state index in [1.807, 2.05) is 0 Å². The van der Waals surface area contributed by atoms with Crippen molar-refractivity contribution >= 4 is 10.0 Å². The summed E-state index contributed by atoms with van der Waals surface area (Å²) >= 11 is 0. The van der Waals surface area contributed by atoms with Crippen molar-refractivity contribution in [3.8, 4) is 0 Å². The molecule has 2 N–H and O–H groups in total. The van der Waals surface area contributed by atoms with E-state index >= 15 is 0 Å². The van der Waals surface area contributed by atoms with E-state index in [0.29, 0.717) is 5.76 Å². The molecule has 1 aromatic heterocycles. The van der Waals surface area contributed by atoms with Crippen LogP contribution in [0.3, 0.4) is 0 Å². The average molecular weight is 219 g/mol. The fourth-order valence-corrected chi connectivity index (χ4v) is 1.94. The molecule has 5 nitrogen and oxygen atoms in total. The molecule has 80 valence electrons. The first kappa shape index (κ1) is 11.2. The molecule has 1 rings (SSSR count). The van der Waals surface area contributed by atoms with Crippen LogP contribution in [0.5, 0.6) is 0 Å². The highest BCUT2D eigenvalue weighted by Gasteiger charge is 2.09. The second kappa shape index (κ2) is 5.14. The maximum Gasteiger partial charge on any atom is 0.212 e. The van der Waals surface area contributed by atoms with Crippen LogP contribution in [0.1, 0.15) is 12.2 Å². The Labute approximate surface area is 82.8 Å². The van der Waals surface area contributed by atoms with Gasteiger partial charge in [-0.15, -0.1) is 0 Å². The first-order valence-electron chi connectivity index (χ1n) is 4.24. The van der Waals surface area contributed by atoms with E-state index in [0.717, 1.165) is 0 Å². The molecule has 1 heterocycles. The number of sulfonamides is 1. The maximum atomic E-state index is 11.2. The molecule has 0 aromatic carbocycles. The van der Waals surface area contributed by atoms with Crippen LogP contribution in [0.15, 0.2) is 22.8 Å². The number of nitrogens with one attached hydrogen (secondary N) is 1. The lowest BCUT2D eigenvalue weighted by atomic mass is 10.5.